The summed E-state index contributed by atoms with van der Waals surface area (Å²) in [5.74, 6) is 0.0389. The monoisotopic (exact) mass is 403 g/mol. The van der Waals surface area contributed by atoms with Crippen LogP contribution in [0.3, 0.4) is 0 Å². The van der Waals surface area contributed by atoms with Crippen molar-refractivity contribution in [3.05, 3.63) is 70.2 Å². The molecule has 3 aromatic rings. The number of piperidine rings is 1. The highest BCUT2D eigenvalue weighted by Gasteiger charge is 2.22. The molecule has 3 aromatic carbocycles. The minimum Gasteiger partial charge on any atom is -0.355 e. The van der Waals surface area contributed by atoms with Gasteiger partial charge in [-0.15, -0.1) is 0 Å². The first-order valence-corrected chi connectivity index (χ1v) is 10.2. The molecular weight excluding hydrogens is 382 g/mol. The summed E-state index contributed by atoms with van der Waals surface area (Å²) in [6.07, 6.45) is 3.27. The Morgan fingerprint density at radius 1 is 1.03 bits per heavy atom. The van der Waals surface area contributed by atoms with Crippen LogP contribution in [-0.2, 0) is 0 Å². The van der Waals surface area contributed by atoms with Gasteiger partial charge in [0.2, 0.25) is 0 Å². The summed E-state index contributed by atoms with van der Waals surface area (Å²) in [4.78, 5) is 15.1. The Hall–Kier alpha value is -3.03. The average molecular weight is 404 g/mol. The molecule has 0 saturated carbocycles. The molecule has 1 N–H and O–H groups in total. The smallest absolute Gasteiger partial charge is 0.254 e. The average Bonchev–Trinajstić information content (AvgIpc) is 2.76. The van der Waals surface area contributed by atoms with Crippen molar-refractivity contribution in [1.29, 1.82) is 5.26 Å². The van der Waals surface area contributed by atoms with E-state index in [0.29, 0.717) is 16.1 Å². The minimum absolute atomic E-state index is 0.0389. The van der Waals surface area contributed by atoms with Gasteiger partial charge in [-0.05, 0) is 62.1 Å². The Morgan fingerprint density at radius 3 is 2.55 bits per heavy atom. The first-order valence-electron chi connectivity index (χ1n) is 9.87. The van der Waals surface area contributed by atoms with Crippen LogP contribution in [0.5, 0.6) is 0 Å². The summed E-state index contributed by atoms with van der Waals surface area (Å²) in [6.45, 7) is 3.51. The SMILES string of the molecule is Cc1c(C#N)cccc1Nc1ccc(C(=O)N2CCCCC2)c2c(Cl)cccc12. The number of hydrogen-bond donors (Lipinski definition) is 1. The lowest BCUT2D eigenvalue weighted by molar-refractivity contribution is 0.0726. The fourth-order valence-corrected chi connectivity index (χ4v) is 4.23. The van der Waals surface area contributed by atoms with Gasteiger partial charge in [0.25, 0.3) is 5.91 Å². The summed E-state index contributed by atoms with van der Waals surface area (Å²) in [5.41, 5.74) is 3.88. The van der Waals surface area contributed by atoms with Crippen LogP contribution >= 0.6 is 11.6 Å². The second-order valence-corrected chi connectivity index (χ2v) is 7.80. The highest BCUT2D eigenvalue weighted by atomic mass is 35.5. The number of anilines is 2. The van der Waals surface area contributed by atoms with Gasteiger partial charge < -0.3 is 10.2 Å². The highest BCUT2D eigenvalue weighted by molar-refractivity contribution is 6.37. The van der Waals surface area contributed by atoms with E-state index in [9.17, 15) is 10.1 Å². The molecule has 1 amide bonds. The zero-order chi connectivity index (χ0) is 20.4. The number of likely N-dealkylation sites (tertiary alicyclic amines) is 1. The molecule has 146 valence electrons. The van der Waals surface area contributed by atoms with Gasteiger partial charge in [-0.2, -0.15) is 5.26 Å². The van der Waals surface area contributed by atoms with Gasteiger partial charge in [0.05, 0.1) is 11.6 Å². The fourth-order valence-electron chi connectivity index (χ4n) is 3.95. The van der Waals surface area contributed by atoms with Gasteiger partial charge in [-0.25, -0.2) is 0 Å². The third-order valence-corrected chi connectivity index (χ3v) is 5.90. The molecule has 0 radical (unpaired) electrons. The molecule has 0 spiro atoms. The summed E-state index contributed by atoms with van der Waals surface area (Å²) in [7, 11) is 0. The Labute approximate surface area is 175 Å². The van der Waals surface area contributed by atoms with Crippen LogP contribution in [0.1, 0.15) is 40.7 Å². The maximum atomic E-state index is 13.2. The highest BCUT2D eigenvalue weighted by Crippen LogP contribution is 2.35. The lowest BCUT2D eigenvalue weighted by atomic mass is 10.00. The number of carbonyl (C=O) groups is 1. The van der Waals surface area contributed by atoms with E-state index in [1.165, 1.54) is 6.42 Å². The van der Waals surface area contributed by atoms with E-state index >= 15 is 0 Å². The molecule has 1 fully saturated rings. The molecule has 0 aliphatic carbocycles. The molecule has 1 aliphatic heterocycles. The van der Waals surface area contributed by atoms with Gasteiger partial charge >= 0.3 is 0 Å². The number of rotatable bonds is 3. The van der Waals surface area contributed by atoms with E-state index in [0.717, 1.165) is 53.6 Å². The Morgan fingerprint density at radius 2 is 1.79 bits per heavy atom. The van der Waals surface area contributed by atoms with E-state index < -0.39 is 0 Å². The molecule has 0 bridgehead atoms. The van der Waals surface area contributed by atoms with Crippen LogP contribution < -0.4 is 5.32 Å². The topological polar surface area (TPSA) is 56.1 Å². The maximum Gasteiger partial charge on any atom is 0.254 e. The molecule has 0 aromatic heterocycles. The Balaban J connectivity index is 1.79. The molecular formula is C24H22ClN3O. The van der Waals surface area contributed by atoms with Crippen LogP contribution in [0, 0.1) is 18.3 Å². The summed E-state index contributed by atoms with van der Waals surface area (Å²) in [6, 6.07) is 17.3. The molecule has 1 saturated heterocycles. The van der Waals surface area contributed by atoms with Crippen molar-refractivity contribution in [1.82, 2.24) is 4.90 Å². The summed E-state index contributed by atoms with van der Waals surface area (Å²) in [5, 5.41) is 15.0. The normalized spacial score (nSPS) is 13.9. The van der Waals surface area contributed by atoms with Crippen LogP contribution in [0.2, 0.25) is 5.02 Å². The number of fused-ring (bicyclic) bond motifs is 1. The van der Waals surface area contributed by atoms with E-state index in [4.69, 9.17) is 11.6 Å². The minimum atomic E-state index is 0.0389. The zero-order valence-corrected chi connectivity index (χ0v) is 17.1. The van der Waals surface area contributed by atoms with Gasteiger partial charge in [0, 0.05) is 45.8 Å². The molecule has 5 heteroatoms. The van der Waals surface area contributed by atoms with Crippen molar-refractivity contribution in [2.45, 2.75) is 26.2 Å². The first kappa shape index (κ1) is 19.3. The number of hydrogen-bond acceptors (Lipinski definition) is 3. The van der Waals surface area contributed by atoms with Crippen molar-refractivity contribution in [2.75, 3.05) is 18.4 Å². The van der Waals surface area contributed by atoms with Crippen molar-refractivity contribution < 1.29 is 4.79 Å². The quantitative estimate of drug-likeness (QED) is 0.579. The second kappa shape index (κ2) is 8.14. The number of nitrogens with zero attached hydrogens (tertiary/aromatic N) is 2. The first-order chi connectivity index (χ1) is 14.1. The van der Waals surface area contributed by atoms with E-state index in [1.54, 1.807) is 6.07 Å². The second-order valence-electron chi connectivity index (χ2n) is 7.39. The molecule has 1 aliphatic rings. The molecule has 29 heavy (non-hydrogen) atoms. The molecule has 4 nitrogen and oxygen atoms in total. The number of nitriles is 1. The van der Waals surface area contributed by atoms with Crippen molar-refractivity contribution >= 4 is 39.7 Å². The zero-order valence-electron chi connectivity index (χ0n) is 16.3. The number of carbonyl (C=O) groups excluding carboxylic acids is 1. The molecule has 4 rings (SSSR count). The van der Waals surface area contributed by atoms with Crippen LogP contribution in [0.15, 0.2) is 48.5 Å². The van der Waals surface area contributed by atoms with Gasteiger partial charge in [-0.1, -0.05) is 29.8 Å². The summed E-state index contributed by atoms with van der Waals surface area (Å²) >= 11 is 6.56. The predicted octanol–water partition coefficient (Wildman–Crippen LogP) is 6.04. The van der Waals surface area contributed by atoms with Crippen molar-refractivity contribution in [3.63, 3.8) is 0 Å². The van der Waals surface area contributed by atoms with Crippen LogP contribution in [-0.4, -0.2) is 23.9 Å². The Kier molecular flexibility index (Phi) is 5.42. The van der Waals surface area contributed by atoms with E-state index in [-0.39, 0.29) is 5.91 Å². The number of benzene rings is 3. The Bertz CT molecular complexity index is 1130. The number of nitrogens with one attached hydrogen (secondary N) is 1. The molecule has 1 heterocycles. The standard InChI is InChI=1S/C24H22ClN3O/c1-16-17(15-26)7-5-10-21(16)27-22-12-11-19(23-18(22)8-6-9-20(23)25)24(29)28-13-3-2-4-14-28/h5-12,27H,2-4,13-14H2,1H3. The van der Waals surface area contributed by atoms with E-state index in [2.05, 4.69) is 11.4 Å². The number of amides is 1. The van der Waals surface area contributed by atoms with Crippen LogP contribution in [0.25, 0.3) is 10.8 Å². The van der Waals surface area contributed by atoms with Crippen LogP contribution in [0.4, 0.5) is 11.4 Å². The van der Waals surface area contributed by atoms with Crippen molar-refractivity contribution in [3.8, 4) is 6.07 Å². The molecule has 0 unspecified atom stereocenters. The largest absolute Gasteiger partial charge is 0.355 e. The van der Waals surface area contributed by atoms with Gasteiger partial charge in [-0.3, -0.25) is 4.79 Å². The summed E-state index contributed by atoms with van der Waals surface area (Å²) < 4.78 is 0. The van der Waals surface area contributed by atoms with E-state index in [1.807, 2.05) is 54.3 Å². The lowest BCUT2D eigenvalue weighted by Gasteiger charge is -2.27. The lowest BCUT2D eigenvalue weighted by Crippen LogP contribution is -2.35. The maximum absolute atomic E-state index is 13.2. The van der Waals surface area contributed by atoms with Gasteiger partial charge in [0.15, 0.2) is 0 Å². The fraction of sp³-hybridized carbons (Fsp3) is 0.250. The third-order valence-electron chi connectivity index (χ3n) is 5.59. The van der Waals surface area contributed by atoms with Gasteiger partial charge in [0.1, 0.15) is 0 Å². The third kappa shape index (κ3) is 3.66. The molecule has 0 atom stereocenters. The van der Waals surface area contributed by atoms with Crippen molar-refractivity contribution in [2.24, 2.45) is 0 Å². The predicted molar refractivity (Wildman–Crippen MR) is 118 cm³/mol. The number of halogens is 1.